The normalized spacial score (nSPS) is 27.5. The van der Waals surface area contributed by atoms with E-state index in [1.54, 1.807) is 0 Å². The van der Waals surface area contributed by atoms with E-state index >= 15 is 0 Å². The summed E-state index contributed by atoms with van der Waals surface area (Å²) in [6.07, 6.45) is 4.72. The Morgan fingerprint density at radius 3 is 3.21 bits per heavy atom. The van der Waals surface area contributed by atoms with Crippen LogP contribution in [0, 0.1) is 0 Å². The van der Waals surface area contributed by atoms with Crippen LogP contribution in [0.4, 0.5) is 0 Å². The zero-order valence-corrected chi connectivity index (χ0v) is 10.6. The van der Waals surface area contributed by atoms with Crippen molar-refractivity contribution < 1.29 is 0 Å². The third-order valence-corrected chi connectivity index (χ3v) is 4.84. The maximum Gasteiger partial charge on any atom is 0.0184 e. The molecule has 0 bridgehead atoms. The zero-order valence-electron chi connectivity index (χ0n) is 9.00. The summed E-state index contributed by atoms with van der Waals surface area (Å²) in [5.41, 5.74) is 0. The number of hydrogen-bond donors (Lipinski definition) is 1. The van der Waals surface area contributed by atoms with Gasteiger partial charge >= 0.3 is 0 Å². The number of thioether (sulfide) groups is 2. The van der Waals surface area contributed by atoms with Crippen molar-refractivity contribution in [3.8, 4) is 0 Å². The van der Waals surface area contributed by atoms with Gasteiger partial charge in [-0.2, -0.15) is 23.5 Å². The molecule has 0 radical (unpaired) electrons. The molecule has 1 heterocycles. The molecule has 1 saturated heterocycles. The second-order valence-corrected chi connectivity index (χ2v) is 6.28. The van der Waals surface area contributed by atoms with Crippen LogP contribution in [-0.2, 0) is 0 Å². The first kappa shape index (κ1) is 12.5. The number of nitrogens with one attached hydrogen (secondary N) is 1. The molecule has 1 aliphatic heterocycles. The van der Waals surface area contributed by atoms with Crippen molar-refractivity contribution >= 4 is 23.5 Å². The predicted molar refractivity (Wildman–Crippen MR) is 70.5 cm³/mol. The fourth-order valence-corrected chi connectivity index (χ4v) is 3.44. The van der Waals surface area contributed by atoms with E-state index in [4.69, 9.17) is 0 Å². The minimum Gasteiger partial charge on any atom is -0.312 e. The van der Waals surface area contributed by atoms with Gasteiger partial charge in [0.25, 0.3) is 0 Å². The van der Waals surface area contributed by atoms with E-state index in [-0.39, 0.29) is 0 Å². The van der Waals surface area contributed by atoms with Crippen LogP contribution in [0.25, 0.3) is 0 Å². The molecule has 1 aliphatic rings. The largest absolute Gasteiger partial charge is 0.312 e. The Kier molecular flexibility index (Phi) is 6.82. The first-order chi connectivity index (χ1) is 6.84. The van der Waals surface area contributed by atoms with Crippen LogP contribution in [0.5, 0.6) is 0 Å². The molecule has 0 aromatic heterocycles. The Morgan fingerprint density at radius 2 is 2.50 bits per heavy atom. The summed E-state index contributed by atoms with van der Waals surface area (Å²) in [7, 11) is 0. The lowest BCUT2D eigenvalue weighted by atomic mass is 10.1. The highest BCUT2D eigenvalue weighted by molar-refractivity contribution is 8.00. The van der Waals surface area contributed by atoms with Crippen molar-refractivity contribution in [2.45, 2.75) is 31.1 Å². The monoisotopic (exact) mass is 231 g/mol. The van der Waals surface area contributed by atoms with E-state index in [9.17, 15) is 0 Å². The number of rotatable bonds is 6. The third kappa shape index (κ3) is 4.76. The fourth-order valence-electron chi connectivity index (χ4n) is 1.67. The average Bonchev–Trinajstić information content (AvgIpc) is 2.20. The quantitative estimate of drug-likeness (QED) is 0.558. The molecule has 2 unspecified atom stereocenters. The van der Waals surface area contributed by atoms with Gasteiger partial charge in [0.2, 0.25) is 0 Å². The molecule has 1 rings (SSSR count). The smallest absolute Gasteiger partial charge is 0.0184 e. The van der Waals surface area contributed by atoms with Crippen molar-refractivity contribution in [1.29, 1.82) is 0 Å². The van der Waals surface area contributed by atoms with Gasteiger partial charge in [0.05, 0.1) is 0 Å². The molecule has 14 heavy (non-hydrogen) atoms. The van der Waals surface area contributed by atoms with Crippen molar-refractivity contribution in [2.75, 3.05) is 23.8 Å². The molecule has 0 aliphatic carbocycles. The third-order valence-electron chi connectivity index (χ3n) is 2.50. The Labute approximate surface area is 96.5 Å². The van der Waals surface area contributed by atoms with E-state index < -0.39 is 0 Å². The first-order valence-corrected chi connectivity index (χ1v) is 7.58. The molecule has 0 aromatic carbocycles. The van der Waals surface area contributed by atoms with Gasteiger partial charge in [-0.1, -0.05) is 13.0 Å². The van der Waals surface area contributed by atoms with Crippen LogP contribution in [0.3, 0.4) is 0 Å². The average molecular weight is 231 g/mol. The van der Waals surface area contributed by atoms with Crippen LogP contribution in [0.15, 0.2) is 12.7 Å². The van der Waals surface area contributed by atoms with Gasteiger partial charge in [-0.25, -0.2) is 0 Å². The van der Waals surface area contributed by atoms with E-state index in [1.165, 1.54) is 24.3 Å². The van der Waals surface area contributed by atoms with E-state index in [0.29, 0.717) is 0 Å². The molecule has 0 amide bonds. The molecule has 2 atom stereocenters. The van der Waals surface area contributed by atoms with E-state index in [0.717, 1.165) is 23.6 Å². The lowest BCUT2D eigenvalue weighted by Gasteiger charge is -2.29. The van der Waals surface area contributed by atoms with Gasteiger partial charge in [-0.15, -0.1) is 6.58 Å². The minimum absolute atomic E-state index is 0.748. The van der Waals surface area contributed by atoms with Gasteiger partial charge in [0, 0.05) is 29.3 Å². The molecule has 3 heteroatoms. The Balaban J connectivity index is 2.01. The summed E-state index contributed by atoms with van der Waals surface area (Å²) in [6, 6.07) is 0.748. The van der Waals surface area contributed by atoms with E-state index in [2.05, 4.69) is 30.6 Å². The van der Waals surface area contributed by atoms with Crippen LogP contribution in [0.2, 0.25) is 0 Å². The lowest BCUT2D eigenvalue weighted by molar-refractivity contribution is 0.477. The second kappa shape index (κ2) is 7.66. The van der Waals surface area contributed by atoms with Gasteiger partial charge in [-0.05, 0) is 18.6 Å². The van der Waals surface area contributed by atoms with Crippen molar-refractivity contribution in [3.63, 3.8) is 0 Å². The topological polar surface area (TPSA) is 12.0 Å². The van der Waals surface area contributed by atoms with E-state index in [1.807, 2.05) is 17.8 Å². The highest BCUT2D eigenvalue weighted by atomic mass is 32.2. The van der Waals surface area contributed by atoms with Crippen molar-refractivity contribution in [3.05, 3.63) is 12.7 Å². The first-order valence-electron chi connectivity index (χ1n) is 5.38. The molecular formula is C11H21NS2. The maximum absolute atomic E-state index is 3.72. The second-order valence-electron chi connectivity index (χ2n) is 3.64. The molecule has 1 fully saturated rings. The summed E-state index contributed by atoms with van der Waals surface area (Å²) in [4.78, 5) is 0. The Hall–Kier alpha value is 0.400. The summed E-state index contributed by atoms with van der Waals surface area (Å²) < 4.78 is 0. The summed E-state index contributed by atoms with van der Waals surface area (Å²) in [5.74, 6) is 3.64. The van der Waals surface area contributed by atoms with Crippen LogP contribution in [-0.4, -0.2) is 35.1 Å². The molecule has 1 N–H and O–H groups in total. The van der Waals surface area contributed by atoms with Crippen molar-refractivity contribution in [2.24, 2.45) is 0 Å². The van der Waals surface area contributed by atoms with Crippen LogP contribution < -0.4 is 5.32 Å². The van der Waals surface area contributed by atoms with Gasteiger partial charge in [0.15, 0.2) is 0 Å². The lowest BCUT2D eigenvalue weighted by Crippen LogP contribution is -2.40. The predicted octanol–water partition coefficient (Wildman–Crippen LogP) is 2.78. The van der Waals surface area contributed by atoms with Crippen LogP contribution in [0.1, 0.15) is 19.8 Å². The molecular weight excluding hydrogens is 210 g/mol. The Bertz CT molecular complexity index is 161. The molecule has 0 aromatic rings. The van der Waals surface area contributed by atoms with Crippen LogP contribution >= 0.6 is 23.5 Å². The van der Waals surface area contributed by atoms with Gasteiger partial charge < -0.3 is 5.32 Å². The molecule has 82 valence electrons. The minimum atomic E-state index is 0.748. The summed E-state index contributed by atoms with van der Waals surface area (Å²) >= 11 is 4.06. The fraction of sp³-hybridized carbons (Fsp3) is 0.818. The SMILES string of the molecule is C=CCSCCNC1CCCSC1C. The Morgan fingerprint density at radius 1 is 1.64 bits per heavy atom. The van der Waals surface area contributed by atoms with Crippen molar-refractivity contribution in [1.82, 2.24) is 5.32 Å². The van der Waals surface area contributed by atoms with Gasteiger partial charge in [0.1, 0.15) is 0 Å². The molecule has 0 saturated carbocycles. The maximum atomic E-state index is 3.72. The number of hydrogen-bond acceptors (Lipinski definition) is 3. The molecule has 0 spiro atoms. The molecule has 1 nitrogen and oxygen atoms in total. The standard InChI is InChI=1S/C11H21NS2/c1-3-7-13-9-6-12-11-5-4-8-14-10(11)2/h3,10-12H,1,4-9H2,2H3. The summed E-state index contributed by atoms with van der Waals surface area (Å²) in [6.45, 7) is 7.21. The highest BCUT2D eigenvalue weighted by Crippen LogP contribution is 2.24. The zero-order chi connectivity index (χ0) is 10.2. The highest BCUT2D eigenvalue weighted by Gasteiger charge is 2.20. The summed E-state index contributed by atoms with van der Waals surface area (Å²) in [5, 5.41) is 4.45. The van der Waals surface area contributed by atoms with Gasteiger partial charge in [-0.3, -0.25) is 0 Å².